The lowest BCUT2D eigenvalue weighted by Crippen LogP contribution is -2.56. The van der Waals surface area contributed by atoms with Gasteiger partial charge in [-0.1, -0.05) is 0 Å². The van der Waals surface area contributed by atoms with Crippen LogP contribution < -0.4 is 0 Å². The maximum absolute atomic E-state index is 13.2. The Morgan fingerprint density at radius 3 is 2.38 bits per heavy atom. The lowest BCUT2D eigenvalue weighted by atomic mass is 9.88. The van der Waals surface area contributed by atoms with Crippen LogP contribution in [0.5, 0.6) is 0 Å². The molecule has 1 aliphatic rings. The molecule has 0 aromatic rings. The molecule has 0 N–H and O–H groups in total. The van der Waals surface area contributed by atoms with Gasteiger partial charge in [-0.2, -0.15) is 0 Å². The maximum atomic E-state index is 13.2. The van der Waals surface area contributed by atoms with Crippen LogP contribution in [-0.2, 0) is 4.74 Å². The molecule has 0 radical (unpaired) electrons. The third kappa shape index (κ3) is 3.06. The maximum Gasteiger partial charge on any atom is 0.410 e. The van der Waals surface area contributed by atoms with Crippen LogP contribution in [0.1, 0.15) is 40.5 Å². The molecule has 3 nitrogen and oxygen atoms in total. The van der Waals surface area contributed by atoms with Crippen molar-refractivity contribution in [1.29, 1.82) is 0 Å². The van der Waals surface area contributed by atoms with Gasteiger partial charge < -0.3 is 9.64 Å². The molecular weight excluding hydrogens is 216 g/mol. The minimum Gasteiger partial charge on any atom is -0.447 e. The van der Waals surface area contributed by atoms with Crippen LogP contribution in [0.4, 0.5) is 13.6 Å². The standard InChI is InChI=1S/C11H19F2NO2/c1-8(2)16-9(15)14-6-5-11(12,13)7-10(14,3)4/h8H,5-7H2,1-4H3. The Hall–Kier alpha value is -0.870. The number of carbonyl (C=O) groups excluding carboxylic acids is 1. The molecule has 0 unspecified atom stereocenters. The van der Waals surface area contributed by atoms with Crippen molar-refractivity contribution in [3.05, 3.63) is 0 Å². The van der Waals surface area contributed by atoms with Gasteiger partial charge in [-0.25, -0.2) is 13.6 Å². The quantitative estimate of drug-likeness (QED) is 0.699. The van der Waals surface area contributed by atoms with Gasteiger partial charge in [0.1, 0.15) is 0 Å². The Morgan fingerprint density at radius 1 is 1.38 bits per heavy atom. The molecule has 16 heavy (non-hydrogen) atoms. The van der Waals surface area contributed by atoms with Crippen molar-refractivity contribution in [2.75, 3.05) is 6.54 Å². The molecule has 0 saturated carbocycles. The zero-order valence-electron chi connectivity index (χ0n) is 10.2. The first-order valence-electron chi connectivity index (χ1n) is 5.50. The monoisotopic (exact) mass is 235 g/mol. The highest BCUT2D eigenvalue weighted by molar-refractivity contribution is 5.69. The first-order chi connectivity index (χ1) is 7.14. The number of piperidine rings is 1. The fourth-order valence-electron chi connectivity index (χ4n) is 2.00. The first kappa shape index (κ1) is 13.2. The van der Waals surface area contributed by atoms with Gasteiger partial charge in [0.2, 0.25) is 0 Å². The average Bonchev–Trinajstić information content (AvgIpc) is 1.97. The zero-order valence-corrected chi connectivity index (χ0v) is 10.2. The molecule has 1 amide bonds. The van der Waals surface area contributed by atoms with E-state index in [9.17, 15) is 13.6 Å². The van der Waals surface area contributed by atoms with E-state index >= 15 is 0 Å². The number of hydrogen-bond donors (Lipinski definition) is 0. The van der Waals surface area contributed by atoms with Gasteiger partial charge in [0.25, 0.3) is 5.92 Å². The van der Waals surface area contributed by atoms with Crippen LogP contribution in [-0.4, -0.2) is 35.1 Å². The number of likely N-dealkylation sites (tertiary alicyclic amines) is 1. The second-order valence-corrected chi connectivity index (χ2v) is 5.18. The molecule has 1 heterocycles. The summed E-state index contributed by atoms with van der Waals surface area (Å²) in [7, 11) is 0. The van der Waals surface area contributed by atoms with Gasteiger partial charge >= 0.3 is 6.09 Å². The van der Waals surface area contributed by atoms with Crippen LogP contribution in [0.15, 0.2) is 0 Å². The predicted octanol–water partition coefficient (Wildman–Crippen LogP) is 3.04. The smallest absolute Gasteiger partial charge is 0.410 e. The second kappa shape index (κ2) is 4.18. The van der Waals surface area contributed by atoms with E-state index in [2.05, 4.69) is 0 Å². The van der Waals surface area contributed by atoms with E-state index < -0.39 is 17.6 Å². The minimum atomic E-state index is -2.68. The number of nitrogens with zero attached hydrogens (tertiary/aromatic N) is 1. The van der Waals surface area contributed by atoms with Gasteiger partial charge in [0.05, 0.1) is 6.10 Å². The lowest BCUT2D eigenvalue weighted by molar-refractivity contribution is -0.0985. The summed E-state index contributed by atoms with van der Waals surface area (Å²) in [5, 5.41) is 0. The van der Waals surface area contributed by atoms with Crippen LogP contribution in [0.2, 0.25) is 0 Å². The van der Waals surface area contributed by atoms with Crippen molar-refractivity contribution >= 4 is 6.09 Å². The largest absolute Gasteiger partial charge is 0.447 e. The molecule has 0 bridgehead atoms. The molecule has 1 saturated heterocycles. The number of carbonyl (C=O) groups is 1. The van der Waals surface area contributed by atoms with E-state index in [-0.39, 0.29) is 25.5 Å². The summed E-state index contributed by atoms with van der Waals surface area (Å²) in [6.07, 6.45) is -1.34. The van der Waals surface area contributed by atoms with E-state index in [1.165, 1.54) is 4.90 Å². The van der Waals surface area contributed by atoms with Gasteiger partial charge in [0.15, 0.2) is 0 Å². The van der Waals surface area contributed by atoms with Crippen molar-refractivity contribution < 1.29 is 18.3 Å². The van der Waals surface area contributed by atoms with Crippen LogP contribution in [0.3, 0.4) is 0 Å². The summed E-state index contributed by atoms with van der Waals surface area (Å²) in [6.45, 7) is 6.81. The van der Waals surface area contributed by atoms with Crippen LogP contribution in [0.25, 0.3) is 0 Å². The van der Waals surface area contributed by atoms with Gasteiger partial charge in [-0.15, -0.1) is 0 Å². The summed E-state index contributed by atoms with van der Waals surface area (Å²) in [4.78, 5) is 13.1. The van der Waals surface area contributed by atoms with Crippen LogP contribution >= 0.6 is 0 Å². The Kier molecular flexibility index (Phi) is 3.45. The SMILES string of the molecule is CC(C)OC(=O)N1CCC(F)(F)CC1(C)C. The number of ether oxygens (including phenoxy) is 1. The molecule has 0 aromatic carbocycles. The number of hydrogen-bond acceptors (Lipinski definition) is 2. The summed E-state index contributed by atoms with van der Waals surface area (Å²) in [6, 6.07) is 0. The third-order valence-electron chi connectivity index (χ3n) is 2.68. The van der Waals surface area contributed by atoms with E-state index in [1.54, 1.807) is 27.7 Å². The third-order valence-corrected chi connectivity index (χ3v) is 2.68. The van der Waals surface area contributed by atoms with Crippen molar-refractivity contribution in [1.82, 2.24) is 4.90 Å². The topological polar surface area (TPSA) is 29.5 Å². The Bertz CT molecular complexity index is 277. The number of rotatable bonds is 1. The molecule has 0 spiro atoms. The predicted molar refractivity (Wildman–Crippen MR) is 56.6 cm³/mol. The second-order valence-electron chi connectivity index (χ2n) is 5.18. The van der Waals surface area contributed by atoms with Crippen LogP contribution in [0, 0.1) is 0 Å². The molecule has 0 aliphatic carbocycles. The highest BCUT2D eigenvalue weighted by Crippen LogP contribution is 2.38. The van der Waals surface area contributed by atoms with Crippen molar-refractivity contribution in [2.24, 2.45) is 0 Å². The molecular formula is C11H19F2NO2. The highest BCUT2D eigenvalue weighted by atomic mass is 19.3. The Morgan fingerprint density at radius 2 is 1.94 bits per heavy atom. The first-order valence-corrected chi connectivity index (χ1v) is 5.50. The normalized spacial score (nSPS) is 23.3. The Balaban J connectivity index is 2.72. The van der Waals surface area contributed by atoms with Gasteiger partial charge in [-0.05, 0) is 27.7 Å². The fraction of sp³-hybridized carbons (Fsp3) is 0.909. The van der Waals surface area contributed by atoms with Gasteiger partial charge in [0, 0.05) is 24.9 Å². The Labute approximate surface area is 94.7 Å². The highest BCUT2D eigenvalue weighted by Gasteiger charge is 2.47. The summed E-state index contributed by atoms with van der Waals surface area (Å²) >= 11 is 0. The lowest BCUT2D eigenvalue weighted by Gasteiger charge is -2.44. The molecule has 0 aromatic heterocycles. The van der Waals surface area contributed by atoms with Crippen molar-refractivity contribution in [3.8, 4) is 0 Å². The van der Waals surface area contributed by atoms with E-state index in [0.29, 0.717) is 0 Å². The zero-order chi connectivity index (χ0) is 12.6. The average molecular weight is 235 g/mol. The number of amides is 1. The number of alkyl halides is 2. The summed E-state index contributed by atoms with van der Waals surface area (Å²) < 4.78 is 31.5. The van der Waals surface area contributed by atoms with E-state index in [0.717, 1.165) is 0 Å². The van der Waals surface area contributed by atoms with Gasteiger partial charge in [-0.3, -0.25) is 0 Å². The molecule has 0 atom stereocenters. The van der Waals surface area contributed by atoms with E-state index in [1.807, 2.05) is 0 Å². The molecule has 1 fully saturated rings. The van der Waals surface area contributed by atoms with Crippen molar-refractivity contribution in [2.45, 2.75) is 58.1 Å². The molecule has 1 aliphatic heterocycles. The molecule has 1 rings (SSSR count). The van der Waals surface area contributed by atoms with Crippen molar-refractivity contribution in [3.63, 3.8) is 0 Å². The molecule has 5 heteroatoms. The summed E-state index contributed by atoms with van der Waals surface area (Å²) in [5.41, 5.74) is -0.853. The molecule has 94 valence electrons. The fourth-order valence-corrected chi connectivity index (χ4v) is 2.00. The number of halogens is 2. The minimum absolute atomic E-state index is 0.0472. The summed E-state index contributed by atoms with van der Waals surface area (Å²) in [5.74, 6) is -2.68. The van der Waals surface area contributed by atoms with E-state index in [4.69, 9.17) is 4.74 Å².